The second kappa shape index (κ2) is 9.57. The molecule has 0 saturated carbocycles. The predicted octanol–water partition coefficient (Wildman–Crippen LogP) is 5.72. The lowest BCUT2D eigenvalue weighted by Gasteiger charge is -2.29. The molecule has 2 aromatic heterocycles. The smallest absolute Gasteiger partial charge is 0.247 e. The van der Waals surface area contributed by atoms with Gasteiger partial charge in [0.05, 0.1) is 5.69 Å². The van der Waals surface area contributed by atoms with E-state index in [-0.39, 0.29) is 5.91 Å². The number of rotatable bonds is 7. The molecular weight excluding hydrogens is 416 g/mol. The first kappa shape index (κ1) is 20.8. The number of unbranched alkanes of at least 4 members (excludes halogenated alkanes) is 3. The van der Waals surface area contributed by atoms with E-state index >= 15 is 0 Å². The number of thiophene rings is 1. The summed E-state index contributed by atoms with van der Waals surface area (Å²) in [6.07, 6.45) is 4.19. The summed E-state index contributed by atoms with van der Waals surface area (Å²) in [5, 5.41) is 13.3. The number of benzene rings is 1. The zero-order chi connectivity index (χ0) is 20.9. The second-order valence-corrected chi connectivity index (χ2v) is 8.93. The zero-order valence-electron chi connectivity index (χ0n) is 17.1. The van der Waals surface area contributed by atoms with Crippen LogP contribution in [0.15, 0.2) is 46.2 Å². The van der Waals surface area contributed by atoms with Gasteiger partial charge in [0.25, 0.3) is 0 Å². The quantitative estimate of drug-likeness (QED) is 0.346. The Kier molecular flexibility index (Phi) is 6.64. The predicted molar refractivity (Wildman–Crippen MR) is 121 cm³/mol. The lowest BCUT2D eigenvalue weighted by atomic mass is 10.1. The Hall–Kier alpha value is -2.45. The van der Waals surface area contributed by atoms with Crippen LogP contribution in [-0.2, 0) is 4.79 Å². The van der Waals surface area contributed by atoms with Gasteiger partial charge >= 0.3 is 0 Å². The third-order valence-corrected chi connectivity index (χ3v) is 6.53. The number of nitrogens with zero attached hydrogens (tertiary/aromatic N) is 4. The molecule has 156 valence electrons. The molecule has 0 spiro atoms. The van der Waals surface area contributed by atoms with E-state index in [2.05, 4.69) is 22.1 Å². The van der Waals surface area contributed by atoms with Gasteiger partial charge < -0.3 is 4.74 Å². The Bertz CT molecular complexity index is 1010. The minimum absolute atomic E-state index is 0.107. The van der Waals surface area contributed by atoms with E-state index in [1.54, 1.807) is 34.9 Å². The molecule has 0 radical (unpaired) electrons. The molecular formula is C22H24N4O2S2. The van der Waals surface area contributed by atoms with Gasteiger partial charge in [-0.3, -0.25) is 9.69 Å². The number of hydrogen-bond donors (Lipinski definition) is 0. The Morgan fingerprint density at radius 2 is 2.07 bits per heavy atom. The van der Waals surface area contributed by atoms with Crippen LogP contribution in [-0.4, -0.2) is 26.8 Å². The van der Waals surface area contributed by atoms with E-state index in [4.69, 9.17) is 4.74 Å². The third kappa shape index (κ3) is 4.34. The van der Waals surface area contributed by atoms with Gasteiger partial charge in [-0.2, -0.15) is 16.3 Å². The van der Waals surface area contributed by atoms with Crippen molar-refractivity contribution < 1.29 is 9.53 Å². The third-order valence-electron chi connectivity index (χ3n) is 4.91. The number of para-hydroxylation sites is 1. The van der Waals surface area contributed by atoms with Crippen molar-refractivity contribution in [2.45, 2.75) is 50.9 Å². The van der Waals surface area contributed by atoms with Gasteiger partial charge in [0.2, 0.25) is 23.2 Å². The number of ether oxygens (including phenoxy) is 1. The average molecular weight is 441 g/mol. The molecule has 0 bridgehead atoms. The first-order valence-corrected chi connectivity index (χ1v) is 12.1. The molecule has 0 aliphatic carbocycles. The van der Waals surface area contributed by atoms with Crippen molar-refractivity contribution in [1.29, 1.82) is 0 Å². The maximum atomic E-state index is 12.7. The molecule has 1 aromatic carbocycles. The highest BCUT2D eigenvalue weighted by molar-refractivity contribution is 7.99. The molecule has 8 heteroatoms. The van der Waals surface area contributed by atoms with Gasteiger partial charge in [-0.1, -0.05) is 56.1 Å². The number of aromatic nitrogens is 3. The number of fused-ring (bicyclic) bond motifs is 3. The minimum atomic E-state index is -0.602. The normalized spacial score (nSPS) is 15.1. The summed E-state index contributed by atoms with van der Waals surface area (Å²) in [5.41, 5.74) is 3.01. The topological polar surface area (TPSA) is 68.2 Å². The number of carbonyl (C=O) groups excluding carboxylic acids is 1. The first-order valence-electron chi connectivity index (χ1n) is 10.1. The number of anilines is 1. The van der Waals surface area contributed by atoms with Crippen molar-refractivity contribution in [2.75, 3.05) is 10.7 Å². The van der Waals surface area contributed by atoms with E-state index in [9.17, 15) is 4.79 Å². The molecule has 1 atom stereocenters. The van der Waals surface area contributed by atoms with Crippen molar-refractivity contribution in [3.05, 3.63) is 46.7 Å². The van der Waals surface area contributed by atoms with Crippen LogP contribution < -0.4 is 9.64 Å². The minimum Gasteiger partial charge on any atom is -0.447 e. The maximum Gasteiger partial charge on any atom is 0.247 e. The highest BCUT2D eigenvalue weighted by Gasteiger charge is 2.34. The fourth-order valence-electron chi connectivity index (χ4n) is 3.44. The molecule has 3 aromatic rings. The van der Waals surface area contributed by atoms with E-state index in [1.165, 1.54) is 19.3 Å². The summed E-state index contributed by atoms with van der Waals surface area (Å²) in [4.78, 5) is 19.0. The van der Waals surface area contributed by atoms with E-state index in [0.717, 1.165) is 29.0 Å². The average Bonchev–Trinajstić information content (AvgIpc) is 3.24. The standard InChI is InChI=1S/C22H24N4O2S2/c1-3-4-5-8-12-30-22-23-20-19(24-25-22)17-9-6-7-10-18(17)26(15(2)27)21(28-20)16-11-13-29-14-16/h6-7,9-11,13-14,21H,3-5,8,12H2,1-2H3/t21-/m0/s1. The van der Waals surface area contributed by atoms with Crippen LogP contribution in [0.3, 0.4) is 0 Å². The number of carbonyl (C=O) groups is 1. The molecule has 0 fully saturated rings. The first-order chi connectivity index (χ1) is 14.7. The number of thioether (sulfide) groups is 1. The molecule has 1 aliphatic rings. The Labute approximate surface area is 184 Å². The van der Waals surface area contributed by atoms with Gasteiger partial charge in [-0.05, 0) is 29.3 Å². The van der Waals surface area contributed by atoms with Crippen LogP contribution in [0.4, 0.5) is 5.69 Å². The summed E-state index contributed by atoms with van der Waals surface area (Å²) in [6.45, 7) is 3.75. The molecule has 6 nitrogen and oxygen atoms in total. The number of amides is 1. The Balaban J connectivity index is 1.71. The monoisotopic (exact) mass is 440 g/mol. The summed E-state index contributed by atoms with van der Waals surface area (Å²) < 4.78 is 6.33. The molecule has 3 heterocycles. The van der Waals surface area contributed by atoms with Crippen LogP contribution >= 0.6 is 23.1 Å². The SMILES string of the molecule is CCCCCCSc1nnc2c(n1)O[C@@H](c1ccsc1)N(C(C)=O)c1ccccc1-2. The van der Waals surface area contributed by atoms with Gasteiger partial charge in [0.15, 0.2) is 5.69 Å². The highest BCUT2D eigenvalue weighted by Crippen LogP contribution is 2.43. The van der Waals surface area contributed by atoms with Crippen molar-refractivity contribution >= 4 is 34.7 Å². The van der Waals surface area contributed by atoms with E-state index in [1.807, 2.05) is 41.1 Å². The fourth-order valence-corrected chi connectivity index (χ4v) is 4.88. The molecule has 30 heavy (non-hydrogen) atoms. The lowest BCUT2D eigenvalue weighted by Crippen LogP contribution is -2.35. The number of hydrogen-bond acceptors (Lipinski definition) is 7. The lowest BCUT2D eigenvalue weighted by molar-refractivity contribution is -0.118. The van der Waals surface area contributed by atoms with Crippen molar-refractivity contribution in [3.63, 3.8) is 0 Å². The Morgan fingerprint density at radius 1 is 1.20 bits per heavy atom. The van der Waals surface area contributed by atoms with Gasteiger partial charge in [0, 0.05) is 23.8 Å². The van der Waals surface area contributed by atoms with E-state index in [0.29, 0.717) is 16.7 Å². The molecule has 1 aliphatic heterocycles. The summed E-state index contributed by atoms with van der Waals surface area (Å²) in [6, 6.07) is 9.64. The van der Waals surface area contributed by atoms with Crippen LogP contribution in [0.1, 0.15) is 51.3 Å². The van der Waals surface area contributed by atoms with Gasteiger partial charge in [0.1, 0.15) is 0 Å². The van der Waals surface area contributed by atoms with Crippen molar-refractivity contribution in [1.82, 2.24) is 15.2 Å². The zero-order valence-corrected chi connectivity index (χ0v) is 18.7. The van der Waals surface area contributed by atoms with Crippen molar-refractivity contribution in [3.8, 4) is 17.1 Å². The van der Waals surface area contributed by atoms with Gasteiger partial charge in [-0.25, -0.2) is 0 Å². The molecule has 0 unspecified atom stereocenters. The van der Waals surface area contributed by atoms with Gasteiger partial charge in [-0.15, -0.1) is 10.2 Å². The van der Waals surface area contributed by atoms with Crippen LogP contribution in [0, 0.1) is 0 Å². The van der Waals surface area contributed by atoms with Crippen LogP contribution in [0.5, 0.6) is 5.88 Å². The van der Waals surface area contributed by atoms with Crippen molar-refractivity contribution in [2.24, 2.45) is 0 Å². The second-order valence-electron chi connectivity index (χ2n) is 7.09. The van der Waals surface area contributed by atoms with Crippen LogP contribution in [0.25, 0.3) is 11.3 Å². The summed E-state index contributed by atoms with van der Waals surface area (Å²) in [7, 11) is 0. The summed E-state index contributed by atoms with van der Waals surface area (Å²) in [5.74, 6) is 1.25. The molecule has 1 amide bonds. The largest absolute Gasteiger partial charge is 0.447 e. The van der Waals surface area contributed by atoms with Crippen LogP contribution in [0.2, 0.25) is 0 Å². The molecule has 0 saturated heterocycles. The molecule has 4 rings (SSSR count). The van der Waals surface area contributed by atoms with E-state index < -0.39 is 6.23 Å². The Morgan fingerprint density at radius 3 is 2.83 bits per heavy atom. The highest BCUT2D eigenvalue weighted by atomic mass is 32.2. The summed E-state index contributed by atoms with van der Waals surface area (Å²) >= 11 is 3.16. The fraction of sp³-hybridized carbons (Fsp3) is 0.364. The molecule has 0 N–H and O–H groups in total. The maximum absolute atomic E-state index is 12.7.